The Morgan fingerprint density at radius 2 is 1.85 bits per heavy atom. The molecule has 0 aliphatic heterocycles. The molecule has 2 amide bonds. The number of carbonyl (C=O) groups is 2. The Balaban J connectivity index is 1.71. The molecular formula is C28H26Cl2FN5O3. The van der Waals surface area contributed by atoms with Crippen LogP contribution in [0.1, 0.15) is 34.1 Å². The highest BCUT2D eigenvalue weighted by Crippen LogP contribution is 2.26. The normalized spacial score (nSPS) is 11.5. The lowest BCUT2D eigenvalue weighted by molar-refractivity contribution is 0.0950. The SMILES string of the molecule is CCOC(=O)/N=c1\n(C)ccn1Cc1cc(C(=O)NCc2ccc(Cl)c(Cl)c2)cc(-c2ccc(F)nc2C)c1. The molecule has 2 aromatic carbocycles. The number of pyridine rings is 1. The van der Waals surface area contributed by atoms with E-state index in [1.165, 1.54) is 6.07 Å². The van der Waals surface area contributed by atoms with Gasteiger partial charge in [-0.3, -0.25) is 4.79 Å². The predicted molar refractivity (Wildman–Crippen MR) is 147 cm³/mol. The topological polar surface area (TPSA) is 90.5 Å². The van der Waals surface area contributed by atoms with Gasteiger partial charge in [0.05, 0.1) is 23.2 Å². The van der Waals surface area contributed by atoms with E-state index in [0.717, 1.165) is 11.1 Å². The molecule has 0 bridgehead atoms. The molecule has 11 heteroatoms. The third-order valence-electron chi connectivity index (χ3n) is 5.91. The third-order valence-corrected chi connectivity index (χ3v) is 6.65. The van der Waals surface area contributed by atoms with Crippen LogP contribution in [0.25, 0.3) is 11.1 Å². The summed E-state index contributed by atoms with van der Waals surface area (Å²) in [6.07, 6.45) is 2.84. The fourth-order valence-corrected chi connectivity index (χ4v) is 4.38. The minimum Gasteiger partial charge on any atom is -0.448 e. The molecule has 39 heavy (non-hydrogen) atoms. The summed E-state index contributed by atoms with van der Waals surface area (Å²) in [4.78, 5) is 33.3. The summed E-state index contributed by atoms with van der Waals surface area (Å²) in [6, 6.07) is 13.4. The molecule has 0 radical (unpaired) electrons. The van der Waals surface area contributed by atoms with Gasteiger partial charge in [-0.2, -0.15) is 4.39 Å². The number of halogens is 3. The molecule has 0 saturated carbocycles. The summed E-state index contributed by atoms with van der Waals surface area (Å²) in [5.41, 5.74) is 4.18. The second-order valence-corrected chi connectivity index (χ2v) is 9.58. The molecule has 0 aliphatic rings. The Bertz CT molecular complexity index is 1610. The maximum atomic E-state index is 13.7. The number of aromatic nitrogens is 3. The lowest BCUT2D eigenvalue weighted by Crippen LogP contribution is -2.27. The van der Waals surface area contributed by atoms with Gasteiger partial charge < -0.3 is 19.2 Å². The number of nitrogens with zero attached hydrogens (tertiary/aromatic N) is 4. The summed E-state index contributed by atoms with van der Waals surface area (Å²) in [5, 5.41) is 3.73. The first kappa shape index (κ1) is 28.1. The number of aryl methyl sites for hydroxylation is 2. The first-order chi connectivity index (χ1) is 18.6. The number of imidazole rings is 1. The summed E-state index contributed by atoms with van der Waals surface area (Å²) in [5.74, 6) is -0.900. The molecule has 0 fully saturated rings. The highest BCUT2D eigenvalue weighted by atomic mass is 35.5. The lowest BCUT2D eigenvalue weighted by Gasteiger charge is -2.13. The predicted octanol–water partition coefficient (Wildman–Crippen LogP) is 5.68. The van der Waals surface area contributed by atoms with Crippen LogP contribution < -0.4 is 10.9 Å². The van der Waals surface area contributed by atoms with Gasteiger partial charge in [-0.25, -0.2) is 9.78 Å². The van der Waals surface area contributed by atoms with E-state index >= 15 is 0 Å². The number of ether oxygens (including phenoxy) is 1. The van der Waals surface area contributed by atoms with Crippen molar-refractivity contribution in [2.45, 2.75) is 26.9 Å². The number of carbonyl (C=O) groups excluding carboxylic acids is 2. The number of benzene rings is 2. The number of rotatable bonds is 7. The Kier molecular flexibility index (Phi) is 8.83. The van der Waals surface area contributed by atoms with Gasteiger partial charge in [-0.05, 0) is 73.0 Å². The van der Waals surface area contributed by atoms with Crippen LogP contribution in [0.5, 0.6) is 0 Å². The molecule has 2 heterocycles. The van der Waals surface area contributed by atoms with Crippen LogP contribution in [0.15, 0.2) is 65.9 Å². The first-order valence-corrected chi connectivity index (χ1v) is 12.8. The lowest BCUT2D eigenvalue weighted by atomic mass is 9.98. The molecule has 4 rings (SSSR count). The van der Waals surface area contributed by atoms with Crippen molar-refractivity contribution >= 4 is 35.2 Å². The Hall–Kier alpha value is -3.95. The second-order valence-electron chi connectivity index (χ2n) is 8.76. The van der Waals surface area contributed by atoms with Crippen LogP contribution in [-0.2, 0) is 24.9 Å². The Morgan fingerprint density at radius 1 is 1.05 bits per heavy atom. The highest BCUT2D eigenvalue weighted by Gasteiger charge is 2.14. The molecule has 0 atom stereocenters. The van der Waals surface area contributed by atoms with E-state index in [-0.39, 0.29) is 19.1 Å². The van der Waals surface area contributed by atoms with E-state index < -0.39 is 12.0 Å². The summed E-state index contributed by atoms with van der Waals surface area (Å²) < 4.78 is 22.1. The molecule has 202 valence electrons. The van der Waals surface area contributed by atoms with E-state index in [1.54, 1.807) is 78.8 Å². The van der Waals surface area contributed by atoms with Gasteiger partial charge >= 0.3 is 6.09 Å². The molecule has 8 nitrogen and oxygen atoms in total. The van der Waals surface area contributed by atoms with Crippen LogP contribution in [-0.4, -0.2) is 32.7 Å². The Morgan fingerprint density at radius 3 is 2.56 bits per heavy atom. The Labute approximate surface area is 234 Å². The maximum Gasteiger partial charge on any atom is 0.436 e. The van der Waals surface area contributed by atoms with E-state index in [4.69, 9.17) is 27.9 Å². The number of hydrogen-bond donors (Lipinski definition) is 1. The fourth-order valence-electron chi connectivity index (χ4n) is 4.06. The van der Waals surface area contributed by atoms with Gasteiger partial charge in [0.2, 0.25) is 11.6 Å². The van der Waals surface area contributed by atoms with Crippen molar-refractivity contribution in [3.05, 3.63) is 105 Å². The van der Waals surface area contributed by atoms with Gasteiger partial charge in [-0.15, -0.1) is 4.99 Å². The van der Waals surface area contributed by atoms with E-state index in [2.05, 4.69) is 15.3 Å². The van der Waals surface area contributed by atoms with Crippen molar-refractivity contribution in [1.82, 2.24) is 19.4 Å². The minimum absolute atomic E-state index is 0.209. The van der Waals surface area contributed by atoms with Crippen molar-refractivity contribution in [3.8, 4) is 11.1 Å². The summed E-state index contributed by atoms with van der Waals surface area (Å²) in [6.45, 7) is 4.16. The summed E-state index contributed by atoms with van der Waals surface area (Å²) >= 11 is 12.1. The highest BCUT2D eigenvalue weighted by molar-refractivity contribution is 6.42. The molecule has 0 aliphatic carbocycles. The van der Waals surface area contributed by atoms with Crippen LogP contribution in [0.4, 0.5) is 9.18 Å². The zero-order valence-electron chi connectivity index (χ0n) is 21.5. The molecule has 4 aromatic rings. The smallest absolute Gasteiger partial charge is 0.436 e. The average Bonchev–Trinajstić information content (AvgIpc) is 3.22. The fraction of sp³-hybridized carbons (Fsp3) is 0.214. The first-order valence-electron chi connectivity index (χ1n) is 12.1. The maximum absolute atomic E-state index is 13.7. The number of amides is 2. The molecule has 1 N–H and O–H groups in total. The van der Waals surface area contributed by atoms with Crippen molar-refractivity contribution in [2.75, 3.05) is 6.61 Å². The van der Waals surface area contributed by atoms with Crippen LogP contribution in [0, 0.1) is 12.9 Å². The van der Waals surface area contributed by atoms with Crippen molar-refractivity contribution in [1.29, 1.82) is 0 Å². The van der Waals surface area contributed by atoms with Crippen LogP contribution >= 0.6 is 23.2 Å². The second kappa shape index (κ2) is 12.3. The zero-order valence-corrected chi connectivity index (χ0v) is 23.1. The minimum atomic E-state index is -0.697. The molecule has 0 unspecified atom stereocenters. The van der Waals surface area contributed by atoms with Gasteiger partial charge in [0.15, 0.2) is 0 Å². The van der Waals surface area contributed by atoms with E-state index in [1.807, 2.05) is 6.07 Å². The van der Waals surface area contributed by atoms with Crippen molar-refractivity contribution in [2.24, 2.45) is 12.0 Å². The zero-order chi connectivity index (χ0) is 28.1. The van der Waals surface area contributed by atoms with Gasteiger partial charge in [0.25, 0.3) is 5.91 Å². The van der Waals surface area contributed by atoms with Crippen molar-refractivity contribution in [3.63, 3.8) is 0 Å². The molecule has 0 spiro atoms. The van der Waals surface area contributed by atoms with Crippen LogP contribution in [0.3, 0.4) is 0 Å². The average molecular weight is 570 g/mol. The molecule has 0 saturated heterocycles. The standard InChI is InChI=1S/C28H26Cl2FN5O3/c1-4-39-28(38)34-27-35(3)9-10-36(27)16-19-11-20(22-6-8-25(31)33-17(22)2)14-21(12-19)26(37)32-15-18-5-7-23(29)24(30)13-18/h5-14H,4,15-16H2,1-3H3,(H,32,37)/b34-27+. The van der Waals surface area contributed by atoms with Crippen LogP contribution in [0.2, 0.25) is 10.0 Å². The third kappa shape index (κ3) is 6.93. The summed E-state index contributed by atoms with van der Waals surface area (Å²) in [7, 11) is 1.76. The van der Waals surface area contributed by atoms with Crippen molar-refractivity contribution < 1.29 is 18.7 Å². The quantitative estimate of drug-likeness (QED) is 0.290. The monoisotopic (exact) mass is 569 g/mol. The number of nitrogens with one attached hydrogen (secondary N) is 1. The van der Waals surface area contributed by atoms with Gasteiger partial charge in [0, 0.05) is 42.8 Å². The van der Waals surface area contributed by atoms with Gasteiger partial charge in [0.1, 0.15) is 0 Å². The number of hydrogen-bond acceptors (Lipinski definition) is 4. The largest absolute Gasteiger partial charge is 0.448 e. The van der Waals surface area contributed by atoms with E-state index in [0.29, 0.717) is 44.6 Å². The molecule has 2 aromatic heterocycles. The molecular weight excluding hydrogens is 544 g/mol. The van der Waals surface area contributed by atoms with E-state index in [9.17, 15) is 14.0 Å². The van der Waals surface area contributed by atoms with Gasteiger partial charge in [-0.1, -0.05) is 29.3 Å².